The Balaban J connectivity index is 1.44. The van der Waals surface area contributed by atoms with E-state index in [4.69, 9.17) is 15.9 Å². The van der Waals surface area contributed by atoms with Crippen LogP contribution in [0.4, 0.5) is 16.3 Å². The summed E-state index contributed by atoms with van der Waals surface area (Å²) in [5.74, 6) is 1.29. The maximum atomic E-state index is 12.5. The summed E-state index contributed by atoms with van der Waals surface area (Å²) in [6.45, 7) is 2.46. The number of hydrogen-bond acceptors (Lipinski definition) is 6. The molecule has 0 bridgehead atoms. The smallest absolute Gasteiger partial charge is 0.320 e. The molecule has 0 radical (unpaired) electrons. The van der Waals surface area contributed by atoms with Crippen molar-refractivity contribution in [3.63, 3.8) is 0 Å². The van der Waals surface area contributed by atoms with Crippen molar-refractivity contribution >= 4 is 23.2 Å². The van der Waals surface area contributed by atoms with Crippen LogP contribution in [0.15, 0.2) is 54.1 Å². The number of carbonyl (C=O) groups is 1. The first kappa shape index (κ1) is 19.6. The van der Waals surface area contributed by atoms with E-state index >= 15 is 0 Å². The van der Waals surface area contributed by atoms with Gasteiger partial charge >= 0.3 is 6.03 Å². The highest BCUT2D eigenvalue weighted by Gasteiger charge is 2.25. The molecule has 154 valence electrons. The molecule has 5 N–H and O–H groups in total. The van der Waals surface area contributed by atoms with Gasteiger partial charge in [0, 0.05) is 59.4 Å². The fraction of sp³-hybridized carbons (Fsp3) is 0.273. The lowest BCUT2D eigenvalue weighted by molar-refractivity contribution is 0.165. The second-order valence-corrected chi connectivity index (χ2v) is 7.33. The fourth-order valence-corrected chi connectivity index (χ4v) is 3.65. The molecule has 0 spiro atoms. The number of urea groups is 1. The highest BCUT2D eigenvalue weighted by molar-refractivity contribution is 6.13. The highest BCUT2D eigenvalue weighted by Crippen LogP contribution is 2.28. The third kappa shape index (κ3) is 4.17. The van der Waals surface area contributed by atoms with Crippen LogP contribution in [0.2, 0.25) is 0 Å². The maximum Gasteiger partial charge on any atom is 0.320 e. The number of nitrogen functional groups attached to an aromatic ring is 1. The first-order chi connectivity index (χ1) is 14.5. The summed E-state index contributed by atoms with van der Waals surface area (Å²) < 4.78 is 5.71. The first-order valence-electron chi connectivity index (χ1n) is 9.88. The molecule has 0 saturated carbocycles. The lowest BCUT2D eigenvalue weighted by atomic mass is 9.94. The number of rotatable bonds is 4. The normalized spacial score (nSPS) is 17.7. The summed E-state index contributed by atoms with van der Waals surface area (Å²) >= 11 is 0. The van der Waals surface area contributed by atoms with Crippen LogP contribution in [-0.2, 0) is 4.74 Å². The summed E-state index contributed by atoms with van der Waals surface area (Å²) in [6.07, 6.45) is 9.83. The van der Waals surface area contributed by atoms with E-state index in [-0.39, 0.29) is 17.8 Å². The van der Waals surface area contributed by atoms with Crippen LogP contribution in [0.1, 0.15) is 36.1 Å². The zero-order chi connectivity index (χ0) is 21.1. The number of ether oxygens (including phenoxy) is 1. The van der Waals surface area contributed by atoms with Gasteiger partial charge in [0.1, 0.15) is 11.6 Å². The number of amides is 2. The lowest BCUT2D eigenvalue weighted by Gasteiger charge is -2.29. The van der Waals surface area contributed by atoms with Gasteiger partial charge in [-0.25, -0.2) is 9.78 Å². The molecule has 8 nitrogen and oxygen atoms in total. The number of anilines is 2. The summed E-state index contributed by atoms with van der Waals surface area (Å²) in [5, 5.41) is 14.1. The van der Waals surface area contributed by atoms with Gasteiger partial charge in [-0.2, -0.15) is 0 Å². The number of aryl methyl sites for hydroxylation is 1. The van der Waals surface area contributed by atoms with Crippen molar-refractivity contribution in [2.75, 3.05) is 17.7 Å². The molecule has 0 saturated heterocycles. The minimum absolute atomic E-state index is 0.0926. The minimum atomic E-state index is -0.354. The molecule has 0 fully saturated rings. The number of nitrogens with zero attached hydrogens (tertiary/aromatic N) is 2. The van der Waals surface area contributed by atoms with E-state index in [2.05, 4.69) is 26.7 Å². The Morgan fingerprint density at radius 2 is 2.20 bits per heavy atom. The third-order valence-electron chi connectivity index (χ3n) is 5.15. The third-order valence-corrected chi connectivity index (χ3v) is 5.15. The quantitative estimate of drug-likeness (QED) is 0.582. The monoisotopic (exact) mass is 404 g/mol. The second-order valence-electron chi connectivity index (χ2n) is 7.33. The van der Waals surface area contributed by atoms with Gasteiger partial charge in [0.15, 0.2) is 0 Å². The molecular formula is C22H24N6O2. The Morgan fingerprint density at radius 1 is 1.33 bits per heavy atom. The molecule has 2 aromatic rings. The zero-order valence-corrected chi connectivity index (χ0v) is 16.7. The minimum Gasteiger partial charge on any atom is -0.497 e. The van der Waals surface area contributed by atoms with Gasteiger partial charge in [0.25, 0.3) is 0 Å². The molecule has 2 aromatic heterocycles. The zero-order valence-electron chi connectivity index (χ0n) is 16.7. The number of allylic oxidation sites excluding steroid dienone is 2. The van der Waals surface area contributed by atoms with Crippen LogP contribution in [0, 0.1) is 12.3 Å². The van der Waals surface area contributed by atoms with Gasteiger partial charge in [-0.1, -0.05) is 12.2 Å². The van der Waals surface area contributed by atoms with Gasteiger partial charge in [-0.3, -0.25) is 15.7 Å². The lowest BCUT2D eigenvalue weighted by Crippen LogP contribution is -2.42. The average molecular weight is 404 g/mol. The van der Waals surface area contributed by atoms with Crippen molar-refractivity contribution in [1.82, 2.24) is 15.3 Å². The maximum absolute atomic E-state index is 12.5. The molecular weight excluding hydrogens is 380 g/mol. The summed E-state index contributed by atoms with van der Waals surface area (Å²) in [7, 11) is 0. The van der Waals surface area contributed by atoms with E-state index in [1.165, 1.54) is 6.20 Å². The standard InChI is InChI=1S/C22H24N6O2/c1-13-10-14(6-8-25-13)21(24)16-12-26-20(11-17(16)23)28-22(29)27-18-7-9-30-19-5-3-2-4-15(18)19/h2,4,6,8,10-12,18,24H,3,5,7,9H2,1H3,(H4,23,26,27,28,29). The Hall–Kier alpha value is -3.68. The van der Waals surface area contributed by atoms with Crippen LogP contribution in [0.5, 0.6) is 0 Å². The largest absolute Gasteiger partial charge is 0.497 e. The Kier molecular flexibility index (Phi) is 5.47. The molecule has 1 aliphatic carbocycles. The van der Waals surface area contributed by atoms with Crippen molar-refractivity contribution in [2.45, 2.75) is 32.2 Å². The van der Waals surface area contributed by atoms with Gasteiger partial charge in [0.2, 0.25) is 0 Å². The molecule has 8 heteroatoms. The van der Waals surface area contributed by atoms with Crippen LogP contribution in [0.25, 0.3) is 0 Å². The van der Waals surface area contributed by atoms with Gasteiger partial charge in [-0.15, -0.1) is 0 Å². The van der Waals surface area contributed by atoms with Crippen molar-refractivity contribution in [3.8, 4) is 0 Å². The first-order valence-corrected chi connectivity index (χ1v) is 9.88. The Bertz CT molecular complexity index is 1060. The van der Waals surface area contributed by atoms with Crippen molar-refractivity contribution in [3.05, 3.63) is 70.9 Å². The predicted octanol–water partition coefficient (Wildman–Crippen LogP) is 3.30. The molecule has 3 heterocycles. The van der Waals surface area contributed by atoms with Crippen LogP contribution in [-0.4, -0.2) is 34.4 Å². The average Bonchev–Trinajstić information content (AvgIpc) is 2.74. The number of hydrogen-bond donors (Lipinski definition) is 4. The Morgan fingerprint density at radius 3 is 3.00 bits per heavy atom. The van der Waals surface area contributed by atoms with E-state index in [1.807, 2.05) is 19.1 Å². The van der Waals surface area contributed by atoms with Gasteiger partial charge in [-0.05, 0) is 25.5 Å². The van der Waals surface area contributed by atoms with Gasteiger partial charge in [0.05, 0.1) is 18.4 Å². The molecule has 2 amide bonds. The van der Waals surface area contributed by atoms with Crippen LogP contribution >= 0.6 is 0 Å². The van der Waals surface area contributed by atoms with Crippen molar-refractivity contribution < 1.29 is 9.53 Å². The molecule has 1 unspecified atom stereocenters. The summed E-state index contributed by atoms with van der Waals surface area (Å²) in [4.78, 5) is 20.9. The number of aromatic nitrogens is 2. The number of pyridine rings is 2. The predicted molar refractivity (Wildman–Crippen MR) is 115 cm³/mol. The number of nitrogens with one attached hydrogen (secondary N) is 3. The summed E-state index contributed by atoms with van der Waals surface area (Å²) in [5.41, 5.74) is 9.82. The van der Waals surface area contributed by atoms with E-state index in [0.29, 0.717) is 35.7 Å². The number of nitrogens with two attached hydrogens (primary N) is 1. The van der Waals surface area contributed by atoms with E-state index in [0.717, 1.165) is 29.9 Å². The molecule has 1 aliphatic heterocycles. The SMILES string of the molecule is Cc1cc(C(=N)c2cnc(NC(=O)NC3CCOC4=C3C=CCC4)cc2N)ccn1. The molecule has 4 rings (SSSR count). The Labute approximate surface area is 174 Å². The van der Waals surface area contributed by atoms with Crippen LogP contribution < -0.4 is 16.4 Å². The number of carbonyl (C=O) groups excluding carboxylic acids is 1. The van der Waals surface area contributed by atoms with Gasteiger partial charge < -0.3 is 15.8 Å². The topological polar surface area (TPSA) is 126 Å². The van der Waals surface area contributed by atoms with Crippen molar-refractivity contribution in [2.24, 2.45) is 0 Å². The van der Waals surface area contributed by atoms with Crippen LogP contribution in [0.3, 0.4) is 0 Å². The second kappa shape index (κ2) is 8.36. The summed E-state index contributed by atoms with van der Waals surface area (Å²) in [6, 6.07) is 4.69. The highest BCUT2D eigenvalue weighted by atomic mass is 16.5. The molecule has 30 heavy (non-hydrogen) atoms. The van der Waals surface area contributed by atoms with E-state index < -0.39 is 0 Å². The fourth-order valence-electron chi connectivity index (χ4n) is 3.65. The van der Waals surface area contributed by atoms with E-state index in [1.54, 1.807) is 18.3 Å². The van der Waals surface area contributed by atoms with E-state index in [9.17, 15) is 4.79 Å². The molecule has 0 aromatic carbocycles. The molecule has 1 atom stereocenters. The molecule has 2 aliphatic rings. The van der Waals surface area contributed by atoms with Crippen molar-refractivity contribution in [1.29, 1.82) is 5.41 Å².